The topological polar surface area (TPSA) is 86.8 Å². The molecule has 0 aromatic heterocycles. The van der Waals surface area contributed by atoms with E-state index in [4.69, 9.17) is 0 Å². The van der Waals surface area contributed by atoms with Crippen molar-refractivity contribution in [3.8, 4) is 0 Å². The highest BCUT2D eigenvalue weighted by Gasteiger charge is 2.45. The summed E-state index contributed by atoms with van der Waals surface area (Å²) in [5.41, 5.74) is 1.53. The van der Waals surface area contributed by atoms with Gasteiger partial charge in [0, 0.05) is 19.6 Å². The van der Waals surface area contributed by atoms with Crippen molar-refractivity contribution in [3.05, 3.63) is 29.3 Å². The molecular weight excluding hydrogens is 354 g/mol. The quantitative estimate of drug-likeness (QED) is 0.838. The number of sulfonamides is 1. The molecule has 0 saturated carbocycles. The molecule has 0 radical (unpaired) electrons. The van der Waals surface area contributed by atoms with Crippen molar-refractivity contribution in [2.45, 2.75) is 50.6 Å². The van der Waals surface area contributed by atoms with Crippen LogP contribution >= 0.6 is 0 Å². The Kier molecular flexibility index (Phi) is 5.07. The van der Waals surface area contributed by atoms with Gasteiger partial charge < -0.3 is 10.2 Å². The molecule has 0 unspecified atom stereocenters. The minimum Gasteiger partial charge on any atom is -0.342 e. The average Bonchev–Trinajstić information content (AvgIpc) is 2.61. The van der Waals surface area contributed by atoms with Crippen molar-refractivity contribution in [2.75, 3.05) is 19.6 Å². The highest BCUT2D eigenvalue weighted by molar-refractivity contribution is 7.89. The summed E-state index contributed by atoms with van der Waals surface area (Å²) in [6.45, 7) is 5.99. The number of hydrogen-bond acceptors (Lipinski definition) is 4. The van der Waals surface area contributed by atoms with Gasteiger partial charge in [-0.15, -0.1) is 0 Å². The normalized spacial score (nSPS) is 24.3. The first kappa shape index (κ1) is 18.8. The van der Waals surface area contributed by atoms with Crippen molar-refractivity contribution in [3.63, 3.8) is 0 Å². The van der Waals surface area contributed by atoms with Crippen LogP contribution in [0.25, 0.3) is 0 Å². The fraction of sp³-hybridized carbons (Fsp3) is 0.556. The minimum atomic E-state index is -3.72. The SMILES string of the molecule is CCC[C@@H]1NC(=O)[C@H]2CN(S(=O)(=O)c3cc(C)ccc3C)CCN2C1=O. The molecule has 7 nitrogen and oxygen atoms in total. The molecule has 1 aromatic rings. The second kappa shape index (κ2) is 7.00. The van der Waals surface area contributed by atoms with Crippen LogP contribution in [0, 0.1) is 13.8 Å². The van der Waals surface area contributed by atoms with E-state index >= 15 is 0 Å². The fourth-order valence-corrected chi connectivity index (χ4v) is 5.35. The molecule has 0 bridgehead atoms. The molecule has 2 aliphatic rings. The van der Waals surface area contributed by atoms with Gasteiger partial charge in [0.25, 0.3) is 0 Å². The molecular formula is C18H25N3O4S. The first-order valence-electron chi connectivity index (χ1n) is 8.94. The van der Waals surface area contributed by atoms with Gasteiger partial charge in [-0.05, 0) is 37.5 Å². The number of fused-ring (bicyclic) bond motifs is 1. The predicted octanol–water partition coefficient (Wildman–Crippen LogP) is 0.803. The van der Waals surface area contributed by atoms with Crippen LogP contribution in [0.2, 0.25) is 0 Å². The average molecular weight is 379 g/mol. The highest BCUT2D eigenvalue weighted by Crippen LogP contribution is 2.25. The first-order valence-corrected chi connectivity index (χ1v) is 10.4. The van der Waals surface area contributed by atoms with Crippen LogP contribution in [0.1, 0.15) is 30.9 Å². The summed E-state index contributed by atoms with van der Waals surface area (Å²) in [6, 6.07) is 4.05. The first-order chi connectivity index (χ1) is 12.3. The fourth-order valence-electron chi connectivity index (χ4n) is 3.60. The molecule has 2 aliphatic heterocycles. The third-order valence-corrected chi connectivity index (χ3v) is 7.09. The second-order valence-electron chi connectivity index (χ2n) is 7.03. The third-order valence-electron chi connectivity index (χ3n) is 5.08. The van der Waals surface area contributed by atoms with E-state index in [-0.39, 0.29) is 36.3 Å². The van der Waals surface area contributed by atoms with E-state index in [1.165, 1.54) is 9.21 Å². The summed E-state index contributed by atoms with van der Waals surface area (Å²) in [5, 5.41) is 2.75. The molecule has 0 aliphatic carbocycles. The zero-order chi connectivity index (χ0) is 19.1. The van der Waals surface area contributed by atoms with Crippen LogP contribution in [0.3, 0.4) is 0 Å². The summed E-state index contributed by atoms with van der Waals surface area (Å²) in [7, 11) is -3.72. The van der Waals surface area contributed by atoms with Crippen molar-refractivity contribution in [1.29, 1.82) is 0 Å². The predicted molar refractivity (Wildman–Crippen MR) is 97.0 cm³/mol. The Morgan fingerprint density at radius 2 is 1.92 bits per heavy atom. The molecule has 2 heterocycles. The number of rotatable bonds is 4. The van der Waals surface area contributed by atoms with Crippen LogP contribution in [-0.4, -0.2) is 61.2 Å². The van der Waals surface area contributed by atoms with Gasteiger partial charge in [-0.3, -0.25) is 9.59 Å². The van der Waals surface area contributed by atoms with E-state index in [0.717, 1.165) is 12.0 Å². The molecule has 2 fully saturated rings. The second-order valence-corrected chi connectivity index (χ2v) is 8.94. The van der Waals surface area contributed by atoms with E-state index in [0.29, 0.717) is 12.0 Å². The van der Waals surface area contributed by atoms with Crippen LogP contribution in [0.4, 0.5) is 0 Å². The Morgan fingerprint density at radius 1 is 1.19 bits per heavy atom. The van der Waals surface area contributed by atoms with E-state index in [1.807, 2.05) is 19.9 Å². The molecule has 2 saturated heterocycles. The number of benzene rings is 1. The van der Waals surface area contributed by atoms with E-state index in [9.17, 15) is 18.0 Å². The summed E-state index contributed by atoms with van der Waals surface area (Å²) >= 11 is 0. The molecule has 1 aromatic carbocycles. The molecule has 26 heavy (non-hydrogen) atoms. The maximum absolute atomic E-state index is 13.1. The zero-order valence-corrected chi connectivity index (χ0v) is 16.2. The lowest BCUT2D eigenvalue weighted by molar-refractivity contribution is -0.151. The summed E-state index contributed by atoms with van der Waals surface area (Å²) in [6.07, 6.45) is 1.39. The molecule has 1 N–H and O–H groups in total. The van der Waals surface area contributed by atoms with E-state index in [1.54, 1.807) is 19.1 Å². The number of carbonyl (C=O) groups is 2. The molecule has 2 atom stereocenters. The van der Waals surface area contributed by atoms with Gasteiger partial charge in [0.15, 0.2) is 0 Å². The monoisotopic (exact) mass is 379 g/mol. The van der Waals surface area contributed by atoms with Crippen LogP contribution in [-0.2, 0) is 19.6 Å². The summed E-state index contributed by atoms with van der Waals surface area (Å²) < 4.78 is 27.5. The number of amides is 2. The van der Waals surface area contributed by atoms with Crippen LogP contribution < -0.4 is 5.32 Å². The van der Waals surface area contributed by atoms with Gasteiger partial charge in [-0.25, -0.2) is 8.42 Å². The van der Waals surface area contributed by atoms with E-state index < -0.39 is 22.1 Å². The van der Waals surface area contributed by atoms with Gasteiger partial charge in [0.05, 0.1) is 4.90 Å². The summed E-state index contributed by atoms with van der Waals surface area (Å²) in [5.74, 6) is -0.385. The zero-order valence-electron chi connectivity index (χ0n) is 15.4. The number of nitrogens with one attached hydrogen (secondary N) is 1. The van der Waals surface area contributed by atoms with Gasteiger partial charge in [0.1, 0.15) is 12.1 Å². The van der Waals surface area contributed by atoms with Crippen LogP contribution in [0.5, 0.6) is 0 Å². The molecule has 3 rings (SSSR count). The van der Waals surface area contributed by atoms with Crippen molar-refractivity contribution in [1.82, 2.24) is 14.5 Å². The Bertz CT molecular complexity index is 837. The molecule has 2 amide bonds. The molecule has 142 valence electrons. The van der Waals surface area contributed by atoms with E-state index in [2.05, 4.69) is 5.32 Å². The lowest BCUT2D eigenvalue weighted by atomic mass is 10.0. The van der Waals surface area contributed by atoms with Crippen LogP contribution in [0.15, 0.2) is 23.1 Å². The lowest BCUT2D eigenvalue weighted by Gasteiger charge is -2.44. The molecule has 8 heteroatoms. The summed E-state index contributed by atoms with van der Waals surface area (Å²) in [4.78, 5) is 26.8. The highest BCUT2D eigenvalue weighted by atomic mass is 32.2. The van der Waals surface area contributed by atoms with Gasteiger partial charge in [-0.1, -0.05) is 25.5 Å². The number of carbonyl (C=O) groups excluding carboxylic acids is 2. The maximum Gasteiger partial charge on any atom is 0.245 e. The Morgan fingerprint density at radius 3 is 2.62 bits per heavy atom. The standard InChI is InChI=1S/C18H25N3O4S/c1-4-5-14-18(23)21-9-8-20(11-15(21)17(22)19-14)26(24,25)16-10-12(2)6-7-13(16)3/h6-7,10,14-15H,4-5,8-9,11H2,1-3H3,(H,19,22)/t14-,15+/m0/s1. The largest absolute Gasteiger partial charge is 0.342 e. The van der Waals surface area contributed by atoms with Crippen molar-refractivity contribution < 1.29 is 18.0 Å². The maximum atomic E-state index is 13.1. The Hall–Kier alpha value is -1.93. The van der Waals surface area contributed by atoms with Crippen molar-refractivity contribution >= 4 is 21.8 Å². The number of aryl methyl sites for hydroxylation is 2. The Labute approximate surface area is 154 Å². The minimum absolute atomic E-state index is 0.00780. The third kappa shape index (κ3) is 3.23. The lowest BCUT2D eigenvalue weighted by Crippen LogP contribution is -2.69. The smallest absolute Gasteiger partial charge is 0.245 e. The van der Waals surface area contributed by atoms with Crippen molar-refractivity contribution in [2.24, 2.45) is 0 Å². The van der Waals surface area contributed by atoms with Gasteiger partial charge in [-0.2, -0.15) is 4.31 Å². The number of nitrogens with zero attached hydrogens (tertiary/aromatic N) is 2. The number of hydrogen-bond donors (Lipinski definition) is 1. The van der Waals surface area contributed by atoms with Gasteiger partial charge >= 0.3 is 0 Å². The molecule has 0 spiro atoms. The Balaban J connectivity index is 1.85. The van der Waals surface area contributed by atoms with Gasteiger partial charge in [0.2, 0.25) is 21.8 Å². The number of piperazine rings is 2.